The van der Waals surface area contributed by atoms with E-state index >= 15 is 0 Å². The first kappa shape index (κ1) is 19.2. The van der Waals surface area contributed by atoms with Gasteiger partial charge in [0.1, 0.15) is 28.2 Å². The Kier molecular flexibility index (Phi) is 4.50. The number of rotatable bonds is 4. The molecule has 0 aliphatic rings. The van der Waals surface area contributed by atoms with Crippen molar-refractivity contribution in [3.8, 4) is 11.4 Å². The van der Waals surface area contributed by atoms with Crippen LogP contribution in [0.4, 0.5) is 5.82 Å². The Balaban J connectivity index is 2.17. The van der Waals surface area contributed by atoms with Crippen molar-refractivity contribution in [3.05, 3.63) is 53.1 Å². The van der Waals surface area contributed by atoms with Crippen LogP contribution in [0.25, 0.3) is 27.9 Å². The predicted molar refractivity (Wildman–Crippen MR) is 112 cm³/mol. The number of esters is 1. The van der Waals surface area contributed by atoms with Gasteiger partial charge < -0.3 is 20.9 Å². The Morgan fingerprint density at radius 2 is 1.83 bits per heavy atom. The lowest BCUT2D eigenvalue weighted by Gasteiger charge is -2.13. The van der Waals surface area contributed by atoms with Crippen molar-refractivity contribution in [2.45, 2.75) is 6.92 Å². The molecule has 152 valence electrons. The number of methoxy groups -OCH3 is 2. The molecule has 4 N–H and O–H groups in total. The van der Waals surface area contributed by atoms with Crippen LogP contribution < -0.4 is 16.2 Å². The van der Waals surface area contributed by atoms with Crippen molar-refractivity contribution in [2.24, 2.45) is 5.73 Å². The Labute approximate surface area is 171 Å². The zero-order valence-electron chi connectivity index (χ0n) is 16.6. The highest BCUT2D eigenvalue weighted by Crippen LogP contribution is 2.33. The molecule has 4 rings (SSSR count). The third-order valence-electron chi connectivity index (χ3n) is 4.93. The minimum Gasteiger partial charge on any atom is -0.497 e. The van der Waals surface area contributed by atoms with Crippen LogP contribution in [0.5, 0.6) is 5.75 Å². The summed E-state index contributed by atoms with van der Waals surface area (Å²) in [4.78, 5) is 33.6. The van der Waals surface area contributed by atoms with E-state index in [0.717, 1.165) is 5.56 Å². The highest BCUT2D eigenvalue weighted by atomic mass is 16.5. The molecule has 2 heterocycles. The summed E-state index contributed by atoms with van der Waals surface area (Å²) in [5.74, 6) is -0.576. The fourth-order valence-electron chi connectivity index (χ4n) is 3.46. The number of hydrogen-bond donors (Lipinski definition) is 2. The van der Waals surface area contributed by atoms with E-state index in [-0.39, 0.29) is 22.5 Å². The summed E-state index contributed by atoms with van der Waals surface area (Å²) in [5, 5.41) is 0. The molecule has 9 nitrogen and oxygen atoms in total. The number of fused-ring (bicyclic) bond motifs is 2. The number of benzene rings is 2. The second kappa shape index (κ2) is 7.03. The first-order valence-corrected chi connectivity index (χ1v) is 9.01. The van der Waals surface area contributed by atoms with Crippen LogP contribution in [0.15, 0.2) is 36.4 Å². The van der Waals surface area contributed by atoms with Gasteiger partial charge in [0.25, 0.3) is 5.91 Å². The number of nitrogens with zero attached hydrogens (tertiary/aromatic N) is 3. The largest absolute Gasteiger partial charge is 0.497 e. The molecule has 0 aliphatic carbocycles. The maximum absolute atomic E-state index is 12.2. The third-order valence-corrected chi connectivity index (χ3v) is 4.93. The van der Waals surface area contributed by atoms with Crippen molar-refractivity contribution in [1.82, 2.24) is 14.5 Å². The Morgan fingerprint density at radius 3 is 2.50 bits per heavy atom. The van der Waals surface area contributed by atoms with Gasteiger partial charge in [-0.15, -0.1) is 0 Å². The summed E-state index contributed by atoms with van der Waals surface area (Å²) in [7, 11) is 2.84. The van der Waals surface area contributed by atoms with Crippen molar-refractivity contribution >= 4 is 39.9 Å². The lowest BCUT2D eigenvalue weighted by molar-refractivity contribution is 0.0602. The molecule has 0 saturated carbocycles. The number of carbonyl (C=O) groups excluding carboxylic acids is 2. The Hall–Kier alpha value is -4.14. The second-order valence-corrected chi connectivity index (χ2v) is 6.67. The molecular formula is C21H19N5O4. The molecule has 2 aromatic carbocycles. The number of nitrogen functional groups attached to an aromatic ring is 1. The zero-order chi connectivity index (χ0) is 21.6. The van der Waals surface area contributed by atoms with Gasteiger partial charge in [-0.25, -0.2) is 14.8 Å². The zero-order valence-corrected chi connectivity index (χ0v) is 16.6. The molecule has 0 aliphatic heterocycles. The maximum Gasteiger partial charge on any atom is 0.340 e. The quantitative estimate of drug-likeness (QED) is 0.498. The number of ether oxygens (including phenoxy) is 2. The molecule has 0 bridgehead atoms. The van der Waals surface area contributed by atoms with Gasteiger partial charge in [-0.1, -0.05) is 12.1 Å². The number of hydrogen-bond acceptors (Lipinski definition) is 7. The fourth-order valence-corrected chi connectivity index (χ4v) is 3.46. The summed E-state index contributed by atoms with van der Waals surface area (Å²) in [6, 6.07) is 10.4. The number of anilines is 1. The van der Waals surface area contributed by atoms with E-state index in [1.807, 2.05) is 19.1 Å². The van der Waals surface area contributed by atoms with Gasteiger partial charge >= 0.3 is 5.97 Å². The number of aromatic nitrogens is 3. The summed E-state index contributed by atoms with van der Waals surface area (Å²) < 4.78 is 11.8. The van der Waals surface area contributed by atoms with Crippen LogP contribution in [0.2, 0.25) is 0 Å². The smallest absolute Gasteiger partial charge is 0.340 e. The number of primary amides is 1. The first-order chi connectivity index (χ1) is 14.4. The molecule has 4 aromatic rings. The van der Waals surface area contributed by atoms with E-state index in [2.05, 4.69) is 9.97 Å². The lowest BCUT2D eigenvalue weighted by atomic mass is 10.1. The SMILES string of the molecule is COC(=O)c1cccc2nc3c(C(N)=O)c(N)n(-c4cc(OC)ccc4C)c3nc12. The van der Waals surface area contributed by atoms with Crippen LogP contribution in [0.1, 0.15) is 26.3 Å². The van der Waals surface area contributed by atoms with E-state index in [1.54, 1.807) is 35.9 Å². The third kappa shape index (κ3) is 2.79. The van der Waals surface area contributed by atoms with Crippen molar-refractivity contribution < 1.29 is 19.1 Å². The number of para-hydroxylation sites is 1. The molecule has 2 aromatic heterocycles. The monoisotopic (exact) mass is 405 g/mol. The van der Waals surface area contributed by atoms with Gasteiger partial charge in [-0.05, 0) is 30.7 Å². The van der Waals surface area contributed by atoms with Crippen LogP contribution in [0.3, 0.4) is 0 Å². The van der Waals surface area contributed by atoms with Crippen molar-refractivity contribution in [1.29, 1.82) is 0 Å². The van der Waals surface area contributed by atoms with Crippen molar-refractivity contribution in [3.63, 3.8) is 0 Å². The lowest BCUT2D eigenvalue weighted by Crippen LogP contribution is -2.14. The number of carbonyl (C=O) groups is 2. The molecule has 1 amide bonds. The van der Waals surface area contributed by atoms with E-state index in [1.165, 1.54) is 7.11 Å². The molecule has 0 unspecified atom stereocenters. The maximum atomic E-state index is 12.2. The van der Waals surface area contributed by atoms with E-state index < -0.39 is 11.9 Å². The summed E-state index contributed by atoms with van der Waals surface area (Å²) >= 11 is 0. The van der Waals surface area contributed by atoms with Crippen LogP contribution in [-0.2, 0) is 4.74 Å². The molecule has 0 saturated heterocycles. The minimum absolute atomic E-state index is 0.0603. The fraction of sp³-hybridized carbons (Fsp3) is 0.143. The van der Waals surface area contributed by atoms with Crippen molar-refractivity contribution in [2.75, 3.05) is 20.0 Å². The van der Waals surface area contributed by atoms with Crippen LogP contribution >= 0.6 is 0 Å². The first-order valence-electron chi connectivity index (χ1n) is 9.01. The Morgan fingerprint density at radius 1 is 1.07 bits per heavy atom. The number of nitrogens with two attached hydrogens (primary N) is 2. The highest BCUT2D eigenvalue weighted by Gasteiger charge is 2.25. The molecule has 9 heteroatoms. The van der Waals surface area contributed by atoms with Gasteiger partial charge in [-0.2, -0.15) is 0 Å². The topological polar surface area (TPSA) is 135 Å². The summed E-state index contributed by atoms with van der Waals surface area (Å²) in [6.45, 7) is 1.89. The number of aryl methyl sites for hydroxylation is 1. The minimum atomic E-state index is -0.727. The molecule has 0 atom stereocenters. The molecule has 0 radical (unpaired) electrons. The van der Waals surface area contributed by atoms with E-state index in [9.17, 15) is 9.59 Å². The van der Waals surface area contributed by atoms with E-state index in [4.69, 9.17) is 20.9 Å². The molecule has 30 heavy (non-hydrogen) atoms. The van der Waals surface area contributed by atoms with E-state index in [0.29, 0.717) is 28.1 Å². The average Bonchev–Trinajstić information content (AvgIpc) is 3.02. The second-order valence-electron chi connectivity index (χ2n) is 6.67. The van der Waals surface area contributed by atoms with Gasteiger partial charge in [0.15, 0.2) is 5.65 Å². The summed E-state index contributed by atoms with van der Waals surface area (Å²) in [5.41, 5.74) is 15.0. The molecule has 0 fully saturated rings. The molecule has 0 spiro atoms. The van der Waals surface area contributed by atoms with Gasteiger partial charge in [0.05, 0.1) is 31.0 Å². The van der Waals surface area contributed by atoms with Crippen LogP contribution in [0, 0.1) is 6.92 Å². The standard InChI is InChI=1S/C21H19N5O4/c1-10-7-8-11(29-2)9-14(10)26-18(22)15(19(23)27)17-20(26)25-16-12(21(28)30-3)5-4-6-13(16)24-17/h4-9H,22H2,1-3H3,(H2,23,27). The van der Waals surface area contributed by atoms with Gasteiger partial charge in [0.2, 0.25) is 0 Å². The van der Waals surface area contributed by atoms with Gasteiger partial charge in [0, 0.05) is 6.07 Å². The Bertz CT molecular complexity index is 1340. The summed E-state index contributed by atoms with van der Waals surface area (Å²) in [6.07, 6.45) is 0. The van der Waals surface area contributed by atoms with Gasteiger partial charge in [-0.3, -0.25) is 9.36 Å². The highest BCUT2D eigenvalue weighted by molar-refractivity contribution is 6.11. The average molecular weight is 405 g/mol. The number of amides is 1. The predicted octanol–water partition coefficient (Wildman–Crippen LogP) is 2.36. The normalized spacial score (nSPS) is 11.0. The van der Waals surface area contributed by atoms with Crippen LogP contribution in [-0.4, -0.2) is 40.6 Å². The molecular weight excluding hydrogens is 386 g/mol.